The summed E-state index contributed by atoms with van der Waals surface area (Å²) in [5, 5.41) is 8.87. The van der Waals surface area contributed by atoms with E-state index in [2.05, 4.69) is 0 Å². The van der Waals surface area contributed by atoms with Crippen LogP contribution in [0.3, 0.4) is 0 Å². The SMILES string of the molecule is Cc1ccc2c(c1C)O[C@H](C(F)(F)F)C(C(=O)O)=C2. The first kappa shape index (κ1) is 13.5. The molecule has 0 unspecified atom stereocenters. The van der Waals surface area contributed by atoms with Gasteiger partial charge >= 0.3 is 12.1 Å². The summed E-state index contributed by atoms with van der Waals surface area (Å²) in [6.45, 7) is 3.39. The van der Waals surface area contributed by atoms with Crippen molar-refractivity contribution in [3.05, 3.63) is 34.4 Å². The average Bonchev–Trinajstić information content (AvgIpc) is 2.31. The molecule has 0 radical (unpaired) electrons. The Bertz CT molecular complexity index is 573. The number of halogens is 3. The maximum atomic E-state index is 12.8. The van der Waals surface area contributed by atoms with E-state index in [0.717, 1.165) is 11.6 Å². The van der Waals surface area contributed by atoms with Gasteiger partial charge in [-0.05, 0) is 31.1 Å². The van der Waals surface area contributed by atoms with E-state index in [1.165, 1.54) is 0 Å². The van der Waals surface area contributed by atoms with Crippen molar-refractivity contribution in [3.63, 3.8) is 0 Å². The van der Waals surface area contributed by atoms with Gasteiger partial charge in [0.1, 0.15) is 5.75 Å². The van der Waals surface area contributed by atoms with E-state index >= 15 is 0 Å². The highest BCUT2D eigenvalue weighted by atomic mass is 19.4. The number of alkyl halides is 3. The summed E-state index contributed by atoms with van der Waals surface area (Å²) in [7, 11) is 0. The molecule has 3 nitrogen and oxygen atoms in total. The lowest BCUT2D eigenvalue weighted by molar-refractivity contribution is -0.187. The van der Waals surface area contributed by atoms with E-state index in [1.54, 1.807) is 26.0 Å². The molecule has 0 saturated carbocycles. The molecule has 1 aromatic carbocycles. The third kappa shape index (κ3) is 2.30. The zero-order valence-corrected chi connectivity index (χ0v) is 10.2. The molecule has 19 heavy (non-hydrogen) atoms. The molecule has 1 atom stereocenters. The van der Waals surface area contributed by atoms with Gasteiger partial charge in [0, 0.05) is 5.56 Å². The molecule has 1 aliphatic rings. The normalized spacial score (nSPS) is 18.4. The van der Waals surface area contributed by atoms with E-state index in [0.29, 0.717) is 11.1 Å². The summed E-state index contributed by atoms with van der Waals surface area (Å²) in [4.78, 5) is 10.9. The molecule has 0 aromatic heterocycles. The van der Waals surface area contributed by atoms with Gasteiger partial charge < -0.3 is 9.84 Å². The van der Waals surface area contributed by atoms with Crippen LogP contribution < -0.4 is 4.74 Å². The van der Waals surface area contributed by atoms with Crippen molar-refractivity contribution in [1.82, 2.24) is 0 Å². The maximum absolute atomic E-state index is 12.8. The monoisotopic (exact) mass is 272 g/mol. The Hall–Kier alpha value is -1.98. The third-order valence-corrected chi connectivity index (χ3v) is 3.08. The lowest BCUT2D eigenvalue weighted by Crippen LogP contribution is -2.40. The highest BCUT2D eigenvalue weighted by molar-refractivity contribution is 5.95. The molecule has 0 bridgehead atoms. The average molecular weight is 272 g/mol. The zero-order valence-electron chi connectivity index (χ0n) is 10.2. The van der Waals surface area contributed by atoms with Crippen molar-refractivity contribution < 1.29 is 27.8 Å². The van der Waals surface area contributed by atoms with Gasteiger partial charge in [0.2, 0.25) is 6.10 Å². The van der Waals surface area contributed by atoms with Crippen LogP contribution in [0.15, 0.2) is 17.7 Å². The van der Waals surface area contributed by atoms with Crippen LogP contribution in [-0.2, 0) is 4.79 Å². The maximum Gasteiger partial charge on any atom is 0.430 e. The van der Waals surface area contributed by atoms with Crippen LogP contribution >= 0.6 is 0 Å². The van der Waals surface area contributed by atoms with Gasteiger partial charge in [0.15, 0.2) is 0 Å². The summed E-state index contributed by atoms with van der Waals surface area (Å²) < 4.78 is 43.5. The van der Waals surface area contributed by atoms with Crippen molar-refractivity contribution in [3.8, 4) is 5.75 Å². The standard InChI is InChI=1S/C13H11F3O3/c1-6-3-4-8-5-9(12(17)18)11(13(14,15)16)19-10(8)7(6)2/h3-5,11H,1-2H3,(H,17,18)/t11-/m0/s1. The number of benzene rings is 1. The summed E-state index contributed by atoms with van der Waals surface area (Å²) in [6, 6.07) is 3.26. The molecule has 0 spiro atoms. The predicted molar refractivity (Wildman–Crippen MR) is 62.0 cm³/mol. The van der Waals surface area contributed by atoms with Gasteiger partial charge in [-0.15, -0.1) is 0 Å². The first-order valence-corrected chi connectivity index (χ1v) is 5.50. The lowest BCUT2D eigenvalue weighted by Gasteiger charge is -2.28. The van der Waals surface area contributed by atoms with Crippen molar-refractivity contribution in [1.29, 1.82) is 0 Å². The Morgan fingerprint density at radius 1 is 1.32 bits per heavy atom. The quantitative estimate of drug-likeness (QED) is 0.854. The predicted octanol–water partition coefficient (Wildman–Crippen LogP) is 3.09. The van der Waals surface area contributed by atoms with Crippen molar-refractivity contribution >= 4 is 12.0 Å². The largest absolute Gasteiger partial charge is 0.478 e. The van der Waals surface area contributed by atoms with Crippen LogP contribution in [0.5, 0.6) is 5.75 Å². The van der Waals surface area contributed by atoms with E-state index in [4.69, 9.17) is 9.84 Å². The fourth-order valence-corrected chi connectivity index (χ4v) is 1.92. The fourth-order valence-electron chi connectivity index (χ4n) is 1.92. The summed E-state index contributed by atoms with van der Waals surface area (Å²) in [5.74, 6) is -1.54. The van der Waals surface area contributed by atoms with Crippen molar-refractivity contribution in [2.24, 2.45) is 0 Å². The molecule has 1 aliphatic heterocycles. The Labute approximate surface area is 107 Å². The molecule has 2 rings (SSSR count). The number of rotatable bonds is 1. The molecule has 0 saturated heterocycles. The highest BCUT2D eigenvalue weighted by Crippen LogP contribution is 2.39. The Morgan fingerprint density at radius 3 is 2.47 bits per heavy atom. The molecule has 102 valence electrons. The summed E-state index contributed by atoms with van der Waals surface area (Å²) in [6.07, 6.45) is -6.18. The third-order valence-electron chi connectivity index (χ3n) is 3.08. The molecular weight excluding hydrogens is 261 g/mol. The molecule has 1 heterocycles. The van der Waals surface area contributed by atoms with Gasteiger partial charge in [-0.3, -0.25) is 0 Å². The lowest BCUT2D eigenvalue weighted by atomic mass is 9.97. The minimum atomic E-state index is -4.77. The van der Waals surface area contributed by atoms with Crippen molar-refractivity contribution in [2.45, 2.75) is 26.1 Å². The van der Waals surface area contributed by atoms with E-state index in [1.807, 2.05) is 0 Å². The van der Waals surface area contributed by atoms with Crippen LogP contribution in [0.25, 0.3) is 6.08 Å². The van der Waals surface area contributed by atoms with Crippen LogP contribution in [0.1, 0.15) is 16.7 Å². The number of carboxylic acids is 1. The van der Waals surface area contributed by atoms with Gasteiger partial charge in [0.25, 0.3) is 0 Å². The van der Waals surface area contributed by atoms with E-state index < -0.39 is 23.8 Å². The fraction of sp³-hybridized carbons (Fsp3) is 0.308. The Kier molecular flexibility index (Phi) is 3.04. The second-order valence-corrected chi connectivity index (χ2v) is 4.37. The minimum Gasteiger partial charge on any atom is -0.478 e. The molecule has 1 N–H and O–H groups in total. The number of hydrogen-bond donors (Lipinski definition) is 1. The number of fused-ring (bicyclic) bond motifs is 1. The molecule has 0 fully saturated rings. The molecule has 1 aromatic rings. The van der Waals surface area contributed by atoms with Gasteiger partial charge in [-0.2, -0.15) is 13.2 Å². The topological polar surface area (TPSA) is 46.5 Å². The van der Waals surface area contributed by atoms with Crippen LogP contribution in [0.2, 0.25) is 0 Å². The number of carboxylic acid groups (broad SMARTS) is 1. The van der Waals surface area contributed by atoms with Gasteiger partial charge in [-0.1, -0.05) is 12.1 Å². The first-order chi connectivity index (χ1) is 8.71. The molecule has 0 amide bonds. The highest BCUT2D eigenvalue weighted by Gasteiger charge is 2.48. The summed E-state index contributed by atoms with van der Waals surface area (Å²) >= 11 is 0. The number of carbonyl (C=O) groups is 1. The second-order valence-electron chi connectivity index (χ2n) is 4.37. The van der Waals surface area contributed by atoms with Crippen LogP contribution in [0, 0.1) is 13.8 Å². The van der Waals surface area contributed by atoms with Gasteiger partial charge in [-0.25, -0.2) is 4.79 Å². The zero-order chi connectivity index (χ0) is 14.4. The van der Waals surface area contributed by atoms with Gasteiger partial charge in [0.05, 0.1) is 5.57 Å². The molecule has 0 aliphatic carbocycles. The van der Waals surface area contributed by atoms with E-state index in [-0.39, 0.29) is 5.75 Å². The van der Waals surface area contributed by atoms with Crippen LogP contribution in [0.4, 0.5) is 13.2 Å². The first-order valence-electron chi connectivity index (χ1n) is 5.50. The Morgan fingerprint density at radius 2 is 1.95 bits per heavy atom. The smallest absolute Gasteiger partial charge is 0.430 e. The van der Waals surface area contributed by atoms with Crippen LogP contribution in [-0.4, -0.2) is 23.4 Å². The minimum absolute atomic E-state index is 0.0901. The number of aryl methyl sites for hydroxylation is 1. The number of aliphatic carboxylic acids is 1. The molecule has 6 heteroatoms. The molecular formula is C13H11F3O3. The number of hydrogen-bond acceptors (Lipinski definition) is 2. The van der Waals surface area contributed by atoms with Crippen molar-refractivity contribution in [2.75, 3.05) is 0 Å². The second kappa shape index (κ2) is 4.29. The number of ether oxygens (including phenoxy) is 1. The van der Waals surface area contributed by atoms with E-state index in [9.17, 15) is 18.0 Å². The Balaban J connectivity index is 2.61. The summed E-state index contributed by atoms with van der Waals surface area (Å²) in [5.41, 5.74) is 0.906.